The highest BCUT2D eigenvalue weighted by Gasteiger charge is 2.04. The Hall–Kier alpha value is -2.54. The van der Waals surface area contributed by atoms with Crippen LogP contribution in [0.1, 0.15) is 16.1 Å². The molecule has 0 saturated carbocycles. The van der Waals surface area contributed by atoms with Gasteiger partial charge in [-0.2, -0.15) is 5.26 Å². The van der Waals surface area contributed by atoms with Gasteiger partial charge in [-0.15, -0.1) is 0 Å². The molecule has 76 valence electrons. The van der Waals surface area contributed by atoms with E-state index in [0.29, 0.717) is 17.5 Å². The normalized spacial score (nSPS) is 9.44. The van der Waals surface area contributed by atoms with Crippen LogP contribution in [0.5, 0.6) is 0 Å². The first kappa shape index (κ1) is 9.99. The molecule has 16 heavy (non-hydrogen) atoms. The van der Waals surface area contributed by atoms with Crippen molar-refractivity contribution in [2.45, 2.75) is 0 Å². The molecule has 0 amide bonds. The van der Waals surface area contributed by atoms with E-state index in [-0.39, 0.29) is 0 Å². The minimum atomic E-state index is 0.372. The Labute approximate surface area is 92.2 Å². The minimum absolute atomic E-state index is 0.372. The number of hydrogen-bond donors (Lipinski definition) is 0. The van der Waals surface area contributed by atoms with Crippen LogP contribution in [0, 0.1) is 11.3 Å². The van der Waals surface area contributed by atoms with Gasteiger partial charge in [0.15, 0.2) is 6.29 Å². The highest BCUT2D eigenvalue weighted by molar-refractivity contribution is 5.74. The molecule has 0 aliphatic rings. The summed E-state index contributed by atoms with van der Waals surface area (Å²) in [6.45, 7) is 0. The van der Waals surface area contributed by atoms with Crippen LogP contribution in [-0.2, 0) is 0 Å². The quantitative estimate of drug-likeness (QED) is 0.707. The zero-order valence-corrected chi connectivity index (χ0v) is 8.29. The van der Waals surface area contributed by atoms with Crippen LogP contribution in [0.3, 0.4) is 0 Å². The monoisotopic (exact) mass is 209 g/mol. The molecule has 0 unspecified atom stereocenters. The second-order valence-electron chi connectivity index (χ2n) is 3.12. The molecule has 0 aliphatic heterocycles. The van der Waals surface area contributed by atoms with Gasteiger partial charge in [-0.3, -0.25) is 14.8 Å². The van der Waals surface area contributed by atoms with Crippen molar-refractivity contribution in [1.82, 2.24) is 9.97 Å². The van der Waals surface area contributed by atoms with Crippen LogP contribution in [0.4, 0.5) is 0 Å². The molecule has 4 heteroatoms. The van der Waals surface area contributed by atoms with Gasteiger partial charge in [0.25, 0.3) is 0 Å². The molecule has 0 aliphatic carbocycles. The molecule has 0 saturated heterocycles. The van der Waals surface area contributed by atoms with E-state index in [1.807, 2.05) is 0 Å². The molecule has 0 spiro atoms. The first-order valence-electron chi connectivity index (χ1n) is 4.61. The summed E-state index contributed by atoms with van der Waals surface area (Å²) in [7, 11) is 0. The van der Waals surface area contributed by atoms with Gasteiger partial charge in [0.2, 0.25) is 0 Å². The summed E-state index contributed by atoms with van der Waals surface area (Å²) in [6, 6.07) is 7.18. The summed E-state index contributed by atoms with van der Waals surface area (Å²) >= 11 is 0. The first-order valence-corrected chi connectivity index (χ1v) is 4.61. The highest BCUT2D eigenvalue weighted by Crippen LogP contribution is 2.21. The van der Waals surface area contributed by atoms with Gasteiger partial charge in [-0.25, -0.2) is 0 Å². The molecule has 0 aromatic carbocycles. The zero-order chi connectivity index (χ0) is 11.4. The summed E-state index contributed by atoms with van der Waals surface area (Å²) in [5.74, 6) is 0. The average molecular weight is 209 g/mol. The summed E-state index contributed by atoms with van der Waals surface area (Å²) < 4.78 is 0. The van der Waals surface area contributed by atoms with Crippen LogP contribution in [-0.4, -0.2) is 16.3 Å². The lowest BCUT2D eigenvalue weighted by Gasteiger charge is -2.02. The van der Waals surface area contributed by atoms with E-state index >= 15 is 0 Å². The van der Waals surface area contributed by atoms with Crippen LogP contribution >= 0.6 is 0 Å². The number of carbonyl (C=O) groups excluding carboxylic acids is 1. The molecular weight excluding hydrogens is 202 g/mol. The van der Waals surface area contributed by atoms with Crippen LogP contribution in [0.2, 0.25) is 0 Å². The maximum absolute atomic E-state index is 10.5. The number of nitrogens with zero attached hydrogens (tertiary/aromatic N) is 3. The van der Waals surface area contributed by atoms with Crippen molar-refractivity contribution in [2.75, 3.05) is 0 Å². The third kappa shape index (κ3) is 1.79. The lowest BCUT2D eigenvalue weighted by molar-refractivity contribution is 0.111. The fourth-order valence-electron chi connectivity index (χ4n) is 1.37. The van der Waals surface area contributed by atoms with Crippen molar-refractivity contribution in [3.05, 3.63) is 48.0 Å². The summed E-state index contributed by atoms with van der Waals surface area (Å²) in [5.41, 5.74) is 2.42. The van der Waals surface area contributed by atoms with E-state index in [0.717, 1.165) is 11.1 Å². The van der Waals surface area contributed by atoms with E-state index in [1.54, 1.807) is 30.6 Å². The van der Waals surface area contributed by atoms with Gasteiger partial charge in [0.05, 0.1) is 5.56 Å². The molecule has 2 rings (SSSR count). The molecule has 0 radical (unpaired) electrons. The molecule has 2 heterocycles. The van der Waals surface area contributed by atoms with E-state index in [2.05, 4.69) is 16.0 Å². The Balaban J connectivity index is 2.51. The summed E-state index contributed by atoms with van der Waals surface area (Å²) in [4.78, 5) is 18.3. The van der Waals surface area contributed by atoms with E-state index in [9.17, 15) is 4.79 Å². The lowest BCUT2D eigenvalue weighted by Crippen LogP contribution is -1.89. The van der Waals surface area contributed by atoms with E-state index < -0.39 is 0 Å². The molecule has 0 fully saturated rings. The number of hydrogen-bond acceptors (Lipinski definition) is 4. The van der Waals surface area contributed by atoms with Crippen molar-refractivity contribution in [1.29, 1.82) is 5.26 Å². The SMILES string of the molecule is N#Cc1cnccc1-c1ccc(C=O)nc1. The zero-order valence-electron chi connectivity index (χ0n) is 8.29. The summed E-state index contributed by atoms with van der Waals surface area (Å²) in [6.07, 6.45) is 5.37. The lowest BCUT2D eigenvalue weighted by atomic mass is 10.0. The fraction of sp³-hybridized carbons (Fsp3) is 0. The number of aromatic nitrogens is 2. The topological polar surface area (TPSA) is 66.6 Å². The number of nitriles is 1. The Morgan fingerprint density at radius 2 is 2.12 bits per heavy atom. The molecule has 4 nitrogen and oxygen atoms in total. The molecule has 0 atom stereocenters. The van der Waals surface area contributed by atoms with Crippen molar-refractivity contribution in [3.63, 3.8) is 0 Å². The number of carbonyl (C=O) groups is 1. The second kappa shape index (κ2) is 4.32. The Morgan fingerprint density at radius 3 is 2.75 bits per heavy atom. The predicted molar refractivity (Wildman–Crippen MR) is 57.6 cm³/mol. The largest absolute Gasteiger partial charge is 0.296 e. The van der Waals surface area contributed by atoms with Crippen molar-refractivity contribution < 1.29 is 4.79 Å². The van der Waals surface area contributed by atoms with Crippen molar-refractivity contribution >= 4 is 6.29 Å². The van der Waals surface area contributed by atoms with Gasteiger partial charge >= 0.3 is 0 Å². The maximum atomic E-state index is 10.5. The Kier molecular flexibility index (Phi) is 2.70. The van der Waals surface area contributed by atoms with E-state index in [4.69, 9.17) is 5.26 Å². The number of rotatable bonds is 2. The molecule has 2 aromatic heterocycles. The van der Waals surface area contributed by atoms with Gasteiger partial charge in [-0.05, 0) is 12.1 Å². The third-order valence-electron chi connectivity index (χ3n) is 2.16. The molecule has 2 aromatic rings. The second-order valence-corrected chi connectivity index (χ2v) is 3.12. The van der Waals surface area contributed by atoms with Crippen LogP contribution < -0.4 is 0 Å². The van der Waals surface area contributed by atoms with Crippen LogP contribution in [0.15, 0.2) is 36.8 Å². The number of pyridine rings is 2. The van der Waals surface area contributed by atoms with Gasteiger partial charge in [-0.1, -0.05) is 6.07 Å². The minimum Gasteiger partial charge on any atom is -0.296 e. The van der Waals surface area contributed by atoms with Crippen molar-refractivity contribution in [3.8, 4) is 17.2 Å². The predicted octanol–water partition coefficient (Wildman–Crippen LogP) is 1.83. The smallest absolute Gasteiger partial charge is 0.168 e. The van der Waals surface area contributed by atoms with Crippen LogP contribution in [0.25, 0.3) is 11.1 Å². The van der Waals surface area contributed by atoms with Gasteiger partial charge < -0.3 is 0 Å². The maximum Gasteiger partial charge on any atom is 0.168 e. The van der Waals surface area contributed by atoms with Crippen molar-refractivity contribution in [2.24, 2.45) is 0 Å². The third-order valence-corrected chi connectivity index (χ3v) is 2.16. The summed E-state index contributed by atoms with van der Waals surface area (Å²) in [5, 5.41) is 8.91. The number of aldehydes is 1. The average Bonchev–Trinajstić information content (AvgIpc) is 2.39. The van der Waals surface area contributed by atoms with Gasteiger partial charge in [0, 0.05) is 29.7 Å². The molecule has 0 bridgehead atoms. The Morgan fingerprint density at radius 1 is 1.25 bits per heavy atom. The highest BCUT2D eigenvalue weighted by atomic mass is 16.1. The molecule has 0 N–H and O–H groups in total. The van der Waals surface area contributed by atoms with E-state index in [1.165, 1.54) is 6.20 Å². The molecular formula is C12H7N3O. The standard InChI is InChI=1S/C12H7N3O/c13-5-10-6-14-4-3-12(10)9-1-2-11(8-16)15-7-9/h1-4,6-8H. The van der Waals surface area contributed by atoms with Gasteiger partial charge in [0.1, 0.15) is 11.8 Å². The Bertz CT molecular complexity index is 555. The fourth-order valence-corrected chi connectivity index (χ4v) is 1.37. The first-order chi connectivity index (χ1) is 7.85.